The van der Waals surface area contributed by atoms with E-state index in [2.05, 4.69) is 30.8 Å². The maximum atomic E-state index is 4.80. The Morgan fingerprint density at radius 3 is 3.07 bits per heavy atom. The van der Waals surface area contributed by atoms with Crippen LogP contribution in [-0.2, 0) is 0 Å². The van der Waals surface area contributed by atoms with E-state index in [4.69, 9.17) is 4.98 Å². The summed E-state index contributed by atoms with van der Waals surface area (Å²) in [5.41, 5.74) is 3.64. The summed E-state index contributed by atoms with van der Waals surface area (Å²) >= 11 is 0. The van der Waals surface area contributed by atoms with Gasteiger partial charge >= 0.3 is 0 Å². The highest BCUT2D eigenvalue weighted by atomic mass is 15.2. The van der Waals surface area contributed by atoms with Crippen LogP contribution in [-0.4, -0.2) is 48.7 Å². The normalized spacial score (nSPS) is 17.3. The molecule has 3 N–H and O–H groups in total. The standard InChI is InChI=1S/C19H20N8/c1-4-15(25-17(5-1)24-14-3-2-7-20-10-14)16-11-21-18-9-13(6-8-27(16)18)19-22-12-23-26-19/h1,4-6,8-9,11-12,14,20H,2-3,7,10H2,(H,24,25)(H,22,23,26). The third kappa shape index (κ3) is 3.15. The van der Waals surface area contributed by atoms with Gasteiger partial charge in [0.15, 0.2) is 5.82 Å². The van der Waals surface area contributed by atoms with Crippen LogP contribution in [0.4, 0.5) is 5.82 Å². The predicted molar refractivity (Wildman–Crippen MR) is 103 cm³/mol. The Bertz CT molecular complexity index is 1050. The number of anilines is 1. The van der Waals surface area contributed by atoms with Crippen molar-refractivity contribution in [2.75, 3.05) is 18.4 Å². The topological polar surface area (TPSA) is 95.8 Å². The molecule has 0 spiro atoms. The van der Waals surface area contributed by atoms with E-state index < -0.39 is 0 Å². The fourth-order valence-electron chi connectivity index (χ4n) is 3.51. The SMILES string of the molecule is c1cc(NC2CCCNC2)nc(-c2cnc3cc(-c4nnc[nH]4)ccn23)c1. The van der Waals surface area contributed by atoms with Gasteiger partial charge in [-0.25, -0.2) is 9.97 Å². The van der Waals surface area contributed by atoms with Gasteiger partial charge in [0, 0.05) is 24.3 Å². The van der Waals surface area contributed by atoms with Crippen LogP contribution in [0.3, 0.4) is 0 Å². The highest BCUT2D eigenvalue weighted by molar-refractivity contribution is 5.66. The second-order valence-electron chi connectivity index (χ2n) is 6.72. The van der Waals surface area contributed by atoms with Gasteiger partial charge in [0.2, 0.25) is 0 Å². The zero-order valence-electron chi connectivity index (χ0n) is 14.8. The second-order valence-corrected chi connectivity index (χ2v) is 6.72. The average Bonchev–Trinajstić information content (AvgIpc) is 3.38. The summed E-state index contributed by atoms with van der Waals surface area (Å²) in [6.07, 6.45) is 7.77. The molecule has 0 radical (unpaired) electrons. The Balaban J connectivity index is 1.45. The number of nitrogens with one attached hydrogen (secondary N) is 3. The Morgan fingerprint density at radius 2 is 2.22 bits per heavy atom. The zero-order valence-corrected chi connectivity index (χ0v) is 14.8. The van der Waals surface area contributed by atoms with Gasteiger partial charge in [-0.15, -0.1) is 10.2 Å². The minimum absolute atomic E-state index is 0.424. The van der Waals surface area contributed by atoms with Crippen molar-refractivity contribution >= 4 is 11.5 Å². The van der Waals surface area contributed by atoms with E-state index in [1.807, 2.05) is 47.1 Å². The molecule has 8 nitrogen and oxygen atoms in total. The molecular weight excluding hydrogens is 340 g/mol. The van der Waals surface area contributed by atoms with Gasteiger partial charge in [0.25, 0.3) is 0 Å². The number of H-pyrrole nitrogens is 1. The van der Waals surface area contributed by atoms with Crippen LogP contribution in [0.1, 0.15) is 12.8 Å². The Morgan fingerprint density at radius 1 is 1.22 bits per heavy atom. The van der Waals surface area contributed by atoms with Crippen molar-refractivity contribution in [3.8, 4) is 22.8 Å². The Hall–Kier alpha value is -3.26. The van der Waals surface area contributed by atoms with Crippen LogP contribution in [0.5, 0.6) is 0 Å². The molecule has 4 aromatic heterocycles. The summed E-state index contributed by atoms with van der Waals surface area (Å²) in [5.74, 6) is 1.63. The van der Waals surface area contributed by atoms with Crippen molar-refractivity contribution in [2.45, 2.75) is 18.9 Å². The Kier molecular flexibility index (Phi) is 4.02. The van der Waals surface area contributed by atoms with E-state index in [0.717, 1.165) is 47.3 Å². The van der Waals surface area contributed by atoms with E-state index in [1.165, 1.54) is 12.8 Å². The number of hydrogen-bond donors (Lipinski definition) is 3. The molecule has 1 fully saturated rings. The molecule has 4 aromatic rings. The number of nitrogens with zero attached hydrogens (tertiary/aromatic N) is 5. The van der Waals surface area contributed by atoms with E-state index in [9.17, 15) is 0 Å². The fraction of sp³-hybridized carbons (Fsp3) is 0.263. The molecule has 1 aliphatic heterocycles. The highest BCUT2D eigenvalue weighted by Gasteiger charge is 2.14. The summed E-state index contributed by atoms with van der Waals surface area (Å²) in [6, 6.07) is 10.5. The monoisotopic (exact) mass is 360 g/mol. The molecule has 0 aliphatic carbocycles. The number of rotatable bonds is 4. The number of aromatic nitrogens is 6. The fourth-order valence-corrected chi connectivity index (χ4v) is 3.51. The predicted octanol–water partition coefficient (Wildman–Crippen LogP) is 2.35. The Labute approximate surface area is 156 Å². The molecule has 1 unspecified atom stereocenters. The molecule has 0 saturated carbocycles. The lowest BCUT2D eigenvalue weighted by molar-refractivity contribution is 0.479. The molecule has 1 aliphatic rings. The van der Waals surface area contributed by atoms with Crippen LogP contribution in [0.25, 0.3) is 28.4 Å². The van der Waals surface area contributed by atoms with E-state index in [0.29, 0.717) is 6.04 Å². The molecule has 5 heterocycles. The van der Waals surface area contributed by atoms with Crippen molar-refractivity contribution in [3.05, 3.63) is 49.1 Å². The van der Waals surface area contributed by atoms with E-state index in [-0.39, 0.29) is 0 Å². The first kappa shape index (κ1) is 16.0. The summed E-state index contributed by atoms with van der Waals surface area (Å²) in [6.45, 7) is 2.08. The second kappa shape index (κ2) is 6.81. The lowest BCUT2D eigenvalue weighted by atomic mass is 10.1. The van der Waals surface area contributed by atoms with Gasteiger partial charge in [-0.2, -0.15) is 0 Å². The molecule has 5 rings (SSSR count). The third-order valence-electron chi connectivity index (χ3n) is 4.86. The largest absolute Gasteiger partial charge is 0.366 e. The van der Waals surface area contributed by atoms with Crippen molar-refractivity contribution in [1.82, 2.24) is 34.9 Å². The summed E-state index contributed by atoms with van der Waals surface area (Å²) in [7, 11) is 0. The van der Waals surface area contributed by atoms with Crippen LogP contribution >= 0.6 is 0 Å². The quantitative estimate of drug-likeness (QED) is 0.517. The van der Waals surface area contributed by atoms with E-state index in [1.54, 1.807) is 6.33 Å². The maximum Gasteiger partial charge on any atom is 0.161 e. The molecule has 27 heavy (non-hydrogen) atoms. The number of pyridine rings is 2. The molecule has 0 amide bonds. The van der Waals surface area contributed by atoms with Gasteiger partial charge in [-0.3, -0.25) is 4.40 Å². The van der Waals surface area contributed by atoms with Crippen molar-refractivity contribution in [2.24, 2.45) is 0 Å². The molecule has 1 saturated heterocycles. The van der Waals surface area contributed by atoms with Gasteiger partial charge in [0.1, 0.15) is 17.8 Å². The number of piperidine rings is 1. The first-order chi connectivity index (χ1) is 13.4. The number of hydrogen-bond acceptors (Lipinski definition) is 6. The lowest BCUT2D eigenvalue weighted by Crippen LogP contribution is -2.38. The van der Waals surface area contributed by atoms with Crippen molar-refractivity contribution < 1.29 is 0 Å². The summed E-state index contributed by atoms with van der Waals surface area (Å²) < 4.78 is 2.04. The lowest BCUT2D eigenvalue weighted by Gasteiger charge is -2.24. The molecule has 1 atom stereocenters. The van der Waals surface area contributed by atoms with Crippen LogP contribution in [0.2, 0.25) is 0 Å². The summed E-state index contributed by atoms with van der Waals surface area (Å²) in [5, 5.41) is 14.8. The number of imidazole rings is 1. The average molecular weight is 360 g/mol. The number of aromatic amines is 1. The zero-order chi connectivity index (χ0) is 18.1. The van der Waals surface area contributed by atoms with Crippen LogP contribution in [0.15, 0.2) is 49.1 Å². The van der Waals surface area contributed by atoms with Crippen molar-refractivity contribution in [3.63, 3.8) is 0 Å². The molecular formula is C19H20N8. The molecule has 0 bridgehead atoms. The molecule has 136 valence electrons. The molecule has 0 aromatic carbocycles. The van der Waals surface area contributed by atoms with Gasteiger partial charge < -0.3 is 15.6 Å². The molecule has 8 heteroatoms. The minimum Gasteiger partial charge on any atom is -0.366 e. The highest BCUT2D eigenvalue weighted by Crippen LogP contribution is 2.23. The third-order valence-corrected chi connectivity index (χ3v) is 4.86. The number of fused-ring (bicyclic) bond motifs is 1. The first-order valence-electron chi connectivity index (χ1n) is 9.15. The van der Waals surface area contributed by atoms with Crippen LogP contribution in [0, 0.1) is 0 Å². The maximum absolute atomic E-state index is 4.80. The van der Waals surface area contributed by atoms with Crippen molar-refractivity contribution in [1.29, 1.82) is 0 Å². The smallest absolute Gasteiger partial charge is 0.161 e. The van der Waals surface area contributed by atoms with Crippen LogP contribution < -0.4 is 10.6 Å². The van der Waals surface area contributed by atoms with E-state index >= 15 is 0 Å². The first-order valence-corrected chi connectivity index (χ1v) is 9.15. The van der Waals surface area contributed by atoms with Gasteiger partial charge in [0.05, 0.1) is 17.6 Å². The summed E-state index contributed by atoms with van der Waals surface area (Å²) in [4.78, 5) is 12.4. The van der Waals surface area contributed by atoms with Gasteiger partial charge in [-0.1, -0.05) is 6.07 Å². The minimum atomic E-state index is 0.424. The van der Waals surface area contributed by atoms with Gasteiger partial charge in [-0.05, 0) is 43.7 Å².